The van der Waals surface area contributed by atoms with Crippen molar-refractivity contribution in [2.45, 2.75) is 37.9 Å². The normalized spacial score (nSPS) is 15.2. The predicted molar refractivity (Wildman–Crippen MR) is 82.2 cm³/mol. The van der Waals surface area contributed by atoms with Crippen molar-refractivity contribution in [3.05, 3.63) is 29.8 Å². The van der Waals surface area contributed by atoms with Gasteiger partial charge in [-0.05, 0) is 32.9 Å². The van der Waals surface area contributed by atoms with Crippen LogP contribution in [0, 0.1) is 0 Å². The number of hydrogen-bond donors (Lipinski definition) is 0. The summed E-state index contributed by atoms with van der Waals surface area (Å²) in [6.45, 7) is 4.44. The van der Waals surface area contributed by atoms with Crippen LogP contribution >= 0.6 is 7.60 Å². The molecule has 0 aliphatic rings. The maximum absolute atomic E-state index is 13.0. The quantitative estimate of drug-likeness (QED) is 0.243. The van der Waals surface area contributed by atoms with Gasteiger partial charge in [-0.2, -0.15) is 21.6 Å². The summed E-state index contributed by atoms with van der Waals surface area (Å²) >= 11 is 0. The lowest BCUT2D eigenvalue weighted by atomic mass is 10.2. The second kappa shape index (κ2) is 9.27. The predicted octanol–water partition coefficient (Wildman–Crippen LogP) is 3.89. The van der Waals surface area contributed by atoms with Crippen LogP contribution < -0.4 is 0 Å². The van der Waals surface area contributed by atoms with E-state index in [4.69, 9.17) is 0 Å². The van der Waals surface area contributed by atoms with E-state index >= 15 is 0 Å². The molecule has 26 heavy (non-hydrogen) atoms. The Morgan fingerprint density at radius 3 is 2.31 bits per heavy atom. The van der Waals surface area contributed by atoms with Crippen molar-refractivity contribution in [3.8, 4) is 0 Å². The summed E-state index contributed by atoms with van der Waals surface area (Å²) in [7, 11) is -9.32. The Balaban J connectivity index is 3.03. The average Bonchev–Trinajstić information content (AvgIpc) is 2.56. The van der Waals surface area contributed by atoms with Gasteiger partial charge >= 0.3 is 13.8 Å². The van der Waals surface area contributed by atoms with Gasteiger partial charge < -0.3 is 0 Å². The second-order valence-corrected chi connectivity index (χ2v) is 8.37. The zero-order valence-corrected chi connectivity index (χ0v) is 15.8. The smallest absolute Gasteiger partial charge is 0.253 e. The van der Waals surface area contributed by atoms with E-state index in [1.54, 1.807) is 0 Å². The fourth-order valence-corrected chi connectivity index (χ4v) is 4.03. The number of benzene rings is 1. The highest BCUT2D eigenvalue weighted by Gasteiger charge is 2.39. The van der Waals surface area contributed by atoms with Crippen molar-refractivity contribution in [3.63, 3.8) is 0 Å². The van der Waals surface area contributed by atoms with Gasteiger partial charge in [-0.1, -0.05) is 12.1 Å². The molecule has 1 aromatic carbocycles. The molecule has 1 unspecified atom stereocenters. The molecule has 0 radical (unpaired) electrons. The number of halogens is 3. The van der Waals surface area contributed by atoms with Crippen LogP contribution in [-0.4, -0.2) is 27.5 Å². The van der Waals surface area contributed by atoms with Gasteiger partial charge in [-0.3, -0.25) is 8.75 Å². The van der Waals surface area contributed by atoms with Gasteiger partial charge in [-0.15, -0.1) is 9.35 Å². The SMILES string of the molecule is CCOOP(=O)(COS(=O)(=O)c1ccccc1C(F)(F)F)OOC(C)C. The number of rotatable bonds is 10. The lowest BCUT2D eigenvalue weighted by molar-refractivity contribution is -0.280. The van der Waals surface area contributed by atoms with Crippen molar-refractivity contribution in [1.82, 2.24) is 0 Å². The highest BCUT2D eigenvalue weighted by Crippen LogP contribution is 2.49. The van der Waals surface area contributed by atoms with Crippen molar-refractivity contribution < 1.29 is 49.5 Å². The molecule has 0 spiro atoms. The first-order valence-electron chi connectivity index (χ1n) is 7.22. The van der Waals surface area contributed by atoms with Gasteiger partial charge in [0, 0.05) is 0 Å². The molecule has 0 amide bonds. The van der Waals surface area contributed by atoms with Crippen LogP contribution in [0.5, 0.6) is 0 Å². The molecule has 0 aromatic heterocycles. The molecule has 0 fully saturated rings. The molecule has 0 heterocycles. The van der Waals surface area contributed by atoms with Gasteiger partial charge in [0.25, 0.3) is 10.1 Å². The van der Waals surface area contributed by atoms with Gasteiger partial charge in [-0.25, -0.2) is 9.78 Å². The van der Waals surface area contributed by atoms with E-state index in [1.165, 1.54) is 20.8 Å². The summed E-state index contributed by atoms with van der Waals surface area (Å²) in [5.74, 6) is 0. The Bertz CT molecular complexity index is 735. The third-order valence-electron chi connectivity index (χ3n) is 2.46. The van der Waals surface area contributed by atoms with Gasteiger partial charge in [0.15, 0.2) is 6.35 Å². The minimum atomic E-state index is -4.93. The molecule has 0 saturated heterocycles. The zero-order valence-electron chi connectivity index (χ0n) is 14.1. The van der Waals surface area contributed by atoms with Crippen LogP contribution in [0.3, 0.4) is 0 Å². The number of hydrogen-bond acceptors (Lipinski definition) is 8. The van der Waals surface area contributed by atoms with Crippen LogP contribution in [0.2, 0.25) is 0 Å². The molecule has 8 nitrogen and oxygen atoms in total. The van der Waals surface area contributed by atoms with Gasteiger partial charge in [0.2, 0.25) is 0 Å². The molecule has 1 atom stereocenters. The summed E-state index contributed by atoms with van der Waals surface area (Å²) in [6.07, 6.45) is -6.76. The Morgan fingerprint density at radius 2 is 1.77 bits per heavy atom. The third-order valence-corrected chi connectivity index (χ3v) is 5.05. The molecule has 0 aliphatic heterocycles. The van der Waals surface area contributed by atoms with Crippen LogP contribution in [-0.2, 0) is 44.2 Å². The zero-order chi connectivity index (χ0) is 20.0. The topological polar surface area (TPSA) is 97.4 Å². The molecule has 1 rings (SSSR count). The van der Waals surface area contributed by atoms with Crippen molar-refractivity contribution in [1.29, 1.82) is 0 Å². The molecular weight excluding hydrogens is 404 g/mol. The first-order chi connectivity index (χ1) is 11.9. The molecule has 0 saturated carbocycles. The summed E-state index contributed by atoms with van der Waals surface area (Å²) in [5, 5.41) is 0. The molecule has 13 heteroatoms. The van der Waals surface area contributed by atoms with Crippen molar-refractivity contribution in [2.24, 2.45) is 0 Å². The highest BCUT2D eigenvalue weighted by molar-refractivity contribution is 7.87. The Kier molecular flexibility index (Phi) is 8.21. The summed E-state index contributed by atoms with van der Waals surface area (Å²) in [6, 6.07) is 3.38. The summed E-state index contributed by atoms with van der Waals surface area (Å²) in [5.41, 5.74) is -1.43. The fraction of sp³-hybridized carbons (Fsp3) is 0.538. The molecule has 0 N–H and O–H groups in total. The Morgan fingerprint density at radius 1 is 1.15 bits per heavy atom. The van der Waals surface area contributed by atoms with Crippen LogP contribution in [0.4, 0.5) is 13.2 Å². The maximum Gasteiger partial charge on any atom is 0.417 e. The van der Waals surface area contributed by atoms with E-state index in [9.17, 15) is 26.2 Å². The molecule has 1 aromatic rings. The van der Waals surface area contributed by atoms with E-state index in [2.05, 4.69) is 23.3 Å². The summed E-state index contributed by atoms with van der Waals surface area (Å²) < 4.78 is 88.9. The lowest BCUT2D eigenvalue weighted by Crippen LogP contribution is -2.17. The minimum absolute atomic E-state index is 0.0707. The van der Waals surface area contributed by atoms with Crippen LogP contribution in [0.25, 0.3) is 0 Å². The number of alkyl halides is 3. The Labute approximate surface area is 148 Å². The van der Waals surface area contributed by atoms with E-state index in [0.717, 1.165) is 12.1 Å². The monoisotopic (exact) mass is 422 g/mol. The molecular formula is C13H18F3O8PS. The lowest BCUT2D eigenvalue weighted by Gasteiger charge is -2.18. The third kappa shape index (κ3) is 6.95. The van der Waals surface area contributed by atoms with E-state index in [1.807, 2.05) is 0 Å². The van der Waals surface area contributed by atoms with Crippen molar-refractivity contribution in [2.75, 3.05) is 13.0 Å². The average molecular weight is 422 g/mol. The summed E-state index contributed by atoms with van der Waals surface area (Å²) in [4.78, 5) is 7.95. The van der Waals surface area contributed by atoms with Crippen molar-refractivity contribution >= 4 is 17.7 Å². The standard InChI is InChI=1S/C13H18F3O8PS/c1-4-20-23-25(17,24-22-10(2)3)9-21-26(18,19)12-8-6-5-7-11(12)13(14,15)16/h5-8,10H,4,9H2,1-3H3. The molecule has 150 valence electrons. The van der Waals surface area contributed by atoms with Crippen LogP contribution in [0.15, 0.2) is 29.2 Å². The molecule has 0 aliphatic carbocycles. The first-order valence-corrected chi connectivity index (χ1v) is 10.4. The fourth-order valence-electron chi connectivity index (χ4n) is 1.46. The van der Waals surface area contributed by atoms with E-state index in [0.29, 0.717) is 12.1 Å². The van der Waals surface area contributed by atoms with E-state index in [-0.39, 0.29) is 6.61 Å². The molecule has 0 bridgehead atoms. The van der Waals surface area contributed by atoms with Crippen LogP contribution in [0.1, 0.15) is 26.3 Å². The minimum Gasteiger partial charge on any atom is -0.253 e. The largest absolute Gasteiger partial charge is 0.417 e. The first kappa shape index (κ1) is 23.0. The van der Waals surface area contributed by atoms with Gasteiger partial charge in [0.1, 0.15) is 4.90 Å². The highest BCUT2D eigenvalue weighted by atomic mass is 32.2. The van der Waals surface area contributed by atoms with E-state index < -0.39 is 46.8 Å². The Hall–Kier alpha value is -1.01. The maximum atomic E-state index is 13.0. The second-order valence-electron chi connectivity index (χ2n) is 5.01. The van der Waals surface area contributed by atoms with Gasteiger partial charge in [0.05, 0.1) is 18.3 Å².